The summed E-state index contributed by atoms with van der Waals surface area (Å²) in [6.45, 7) is 0.597. The van der Waals surface area contributed by atoms with Crippen LogP contribution >= 0.6 is 0 Å². The van der Waals surface area contributed by atoms with E-state index in [4.69, 9.17) is 10.2 Å². The molecule has 4 N–H and O–H groups in total. The lowest BCUT2D eigenvalue weighted by molar-refractivity contribution is -0.119. The van der Waals surface area contributed by atoms with Crippen LogP contribution in [0.2, 0.25) is 0 Å². The van der Waals surface area contributed by atoms with E-state index in [9.17, 15) is 4.79 Å². The van der Waals surface area contributed by atoms with Gasteiger partial charge in [-0.15, -0.1) is 0 Å². The average molecular weight is 232 g/mol. The first kappa shape index (κ1) is 9.95. The van der Waals surface area contributed by atoms with Gasteiger partial charge in [-0.25, -0.2) is 0 Å². The van der Waals surface area contributed by atoms with E-state index in [1.54, 1.807) is 18.2 Å². The molecule has 0 aliphatic carbocycles. The molecule has 6 heteroatoms. The molecule has 0 bridgehead atoms. The van der Waals surface area contributed by atoms with Gasteiger partial charge in [0.05, 0.1) is 6.04 Å². The average Bonchev–Trinajstić information content (AvgIpc) is 2.84. The molecule has 1 atom stereocenters. The first-order valence-electron chi connectivity index (χ1n) is 5.40. The summed E-state index contributed by atoms with van der Waals surface area (Å²) in [5, 5.41) is 5.82. The quantitative estimate of drug-likeness (QED) is 0.663. The third kappa shape index (κ3) is 1.89. The van der Waals surface area contributed by atoms with Gasteiger partial charge >= 0.3 is 0 Å². The van der Waals surface area contributed by atoms with Gasteiger partial charge < -0.3 is 20.8 Å². The SMILES string of the molecule is Nc1ccc2oc(NC3CNC(=O)C3)nc2c1. The Kier molecular flexibility index (Phi) is 2.14. The van der Waals surface area contributed by atoms with Crippen molar-refractivity contribution in [1.82, 2.24) is 10.3 Å². The van der Waals surface area contributed by atoms with Crippen molar-refractivity contribution in [3.8, 4) is 0 Å². The van der Waals surface area contributed by atoms with Crippen molar-refractivity contribution in [2.45, 2.75) is 12.5 Å². The van der Waals surface area contributed by atoms with E-state index in [1.807, 2.05) is 0 Å². The van der Waals surface area contributed by atoms with E-state index in [0.717, 1.165) is 0 Å². The van der Waals surface area contributed by atoms with Gasteiger partial charge in [-0.2, -0.15) is 4.98 Å². The molecule has 1 amide bonds. The minimum atomic E-state index is 0.0351. The minimum Gasteiger partial charge on any atom is -0.424 e. The van der Waals surface area contributed by atoms with Gasteiger partial charge in [0.2, 0.25) is 5.91 Å². The number of benzene rings is 1. The zero-order valence-corrected chi connectivity index (χ0v) is 9.06. The zero-order chi connectivity index (χ0) is 11.8. The van der Waals surface area contributed by atoms with Crippen molar-refractivity contribution in [3.63, 3.8) is 0 Å². The summed E-state index contributed by atoms with van der Waals surface area (Å²) in [5.41, 5.74) is 7.70. The molecule has 1 aliphatic rings. The highest BCUT2D eigenvalue weighted by atomic mass is 16.4. The maximum atomic E-state index is 11.0. The van der Waals surface area contributed by atoms with Crippen molar-refractivity contribution in [2.24, 2.45) is 0 Å². The fraction of sp³-hybridized carbons (Fsp3) is 0.273. The van der Waals surface area contributed by atoms with Crippen LogP contribution in [0.15, 0.2) is 22.6 Å². The summed E-state index contributed by atoms with van der Waals surface area (Å²) in [4.78, 5) is 15.3. The largest absolute Gasteiger partial charge is 0.424 e. The number of nitrogen functional groups attached to an aromatic ring is 1. The van der Waals surface area contributed by atoms with Gasteiger partial charge in [-0.1, -0.05) is 0 Å². The number of anilines is 2. The Morgan fingerprint density at radius 2 is 2.41 bits per heavy atom. The number of nitrogens with zero attached hydrogens (tertiary/aromatic N) is 1. The normalized spacial score (nSPS) is 19.5. The predicted octanol–water partition coefficient (Wildman–Crippen LogP) is 0.710. The summed E-state index contributed by atoms with van der Waals surface area (Å²) >= 11 is 0. The Morgan fingerprint density at radius 3 is 3.18 bits per heavy atom. The van der Waals surface area contributed by atoms with Crippen molar-refractivity contribution >= 4 is 28.7 Å². The Bertz CT molecular complexity index is 578. The Labute approximate surface area is 97.2 Å². The van der Waals surface area contributed by atoms with Crippen molar-refractivity contribution in [2.75, 3.05) is 17.6 Å². The summed E-state index contributed by atoms with van der Waals surface area (Å²) < 4.78 is 5.50. The highest BCUT2D eigenvalue weighted by Gasteiger charge is 2.22. The molecular formula is C11H12N4O2. The highest BCUT2D eigenvalue weighted by molar-refractivity contribution is 5.80. The van der Waals surface area contributed by atoms with Crippen molar-refractivity contribution in [3.05, 3.63) is 18.2 Å². The fourth-order valence-electron chi connectivity index (χ4n) is 1.89. The molecule has 2 heterocycles. The number of nitrogens with one attached hydrogen (secondary N) is 2. The summed E-state index contributed by atoms with van der Waals surface area (Å²) in [5.74, 6) is 0.0443. The third-order valence-electron chi connectivity index (χ3n) is 2.72. The number of hydrogen-bond donors (Lipinski definition) is 3. The maximum absolute atomic E-state index is 11.0. The minimum absolute atomic E-state index is 0.0351. The van der Waals surface area contributed by atoms with Crippen LogP contribution in [0.5, 0.6) is 0 Å². The van der Waals surface area contributed by atoms with Gasteiger partial charge in [0.15, 0.2) is 5.58 Å². The number of hydrogen-bond acceptors (Lipinski definition) is 5. The molecule has 1 aromatic heterocycles. The summed E-state index contributed by atoms with van der Waals surface area (Å²) in [7, 11) is 0. The zero-order valence-electron chi connectivity index (χ0n) is 9.06. The second-order valence-corrected chi connectivity index (χ2v) is 4.10. The van der Waals surface area contributed by atoms with E-state index in [-0.39, 0.29) is 11.9 Å². The molecule has 1 aliphatic heterocycles. The lowest BCUT2D eigenvalue weighted by atomic mass is 10.3. The van der Waals surface area contributed by atoms with Crippen LogP contribution in [0.3, 0.4) is 0 Å². The molecule has 3 rings (SSSR count). The van der Waals surface area contributed by atoms with Crippen molar-refractivity contribution in [1.29, 1.82) is 0 Å². The van der Waals surface area contributed by atoms with Gasteiger partial charge in [0.1, 0.15) is 5.52 Å². The van der Waals surface area contributed by atoms with Crippen LogP contribution < -0.4 is 16.4 Å². The molecule has 0 radical (unpaired) electrons. The number of carbonyl (C=O) groups excluding carboxylic acids is 1. The van der Waals surface area contributed by atoms with Crippen LogP contribution in [0.4, 0.5) is 11.7 Å². The van der Waals surface area contributed by atoms with Crippen molar-refractivity contribution < 1.29 is 9.21 Å². The molecule has 1 saturated heterocycles. The number of aromatic nitrogens is 1. The van der Waals surface area contributed by atoms with E-state index in [1.165, 1.54) is 0 Å². The fourth-order valence-corrected chi connectivity index (χ4v) is 1.89. The van der Waals surface area contributed by atoms with E-state index >= 15 is 0 Å². The molecule has 88 valence electrons. The van der Waals surface area contributed by atoms with Gasteiger partial charge in [0, 0.05) is 18.7 Å². The molecule has 1 unspecified atom stereocenters. The molecular weight excluding hydrogens is 220 g/mol. The topological polar surface area (TPSA) is 93.2 Å². The van der Waals surface area contributed by atoms with E-state index < -0.39 is 0 Å². The summed E-state index contributed by atoms with van der Waals surface area (Å²) in [6, 6.07) is 5.75. The third-order valence-corrected chi connectivity index (χ3v) is 2.72. The van der Waals surface area contributed by atoms with Crippen LogP contribution in [0, 0.1) is 0 Å². The molecule has 2 aromatic rings. The molecule has 1 fully saturated rings. The number of fused-ring (bicyclic) bond motifs is 1. The second kappa shape index (κ2) is 3.65. The van der Waals surface area contributed by atoms with E-state index in [2.05, 4.69) is 15.6 Å². The first-order chi connectivity index (χ1) is 8.20. The predicted molar refractivity (Wildman–Crippen MR) is 63.5 cm³/mol. The molecule has 0 spiro atoms. The number of carbonyl (C=O) groups is 1. The smallest absolute Gasteiger partial charge is 0.295 e. The monoisotopic (exact) mass is 232 g/mol. The Morgan fingerprint density at radius 1 is 1.53 bits per heavy atom. The second-order valence-electron chi connectivity index (χ2n) is 4.10. The van der Waals surface area contributed by atoms with Crippen LogP contribution in [0.1, 0.15) is 6.42 Å². The molecule has 1 aromatic carbocycles. The van der Waals surface area contributed by atoms with Crippen LogP contribution in [-0.4, -0.2) is 23.5 Å². The lowest BCUT2D eigenvalue weighted by Crippen LogP contribution is -2.22. The number of amides is 1. The highest BCUT2D eigenvalue weighted by Crippen LogP contribution is 2.22. The van der Waals surface area contributed by atoms with Crippen LogP contribution in [-0.2, 0) is 4.79 Å². The van der Waals surface area contributed by atoms with Gasteiger partial charge in [-0.3, -0.25) is 4.79 Å². The number of rotatable bonds is 2. The number of oxazole rings is 1. The van der Waals surface area contributed by atoms with E-state index in [0.29, 0.717) is 35.8 Å². The number of nitrogens with two attached hydrogens (primary N) is 1. The molecule has 17 heavy (non-hydrogen) atoms. The maximum Gasteiger partial charge on any atom is 0.295 e. The van der Waals surface area contributed by atoms with Gasteiger partial charge in [-0.05, 0) is 18.2 Å². The Hall–Kier alpha value is -2.24. The first-order valence-corrected chi connectivity index (χ1v) is 5.40. The molecule has 0 saturated carbocycles. The molecule has 6 nitrogen and oxygen atoms in total. The standard InChI is InChI=1S/C11H12N4O2/c12-6-1-2-9-8(3-6)15-11(17-9)14-7-4-10(16)13-5-7/h1-3,7H,4-5,12H2,(H,13,16)(H,14,15). The summed E-state index contributed by atoms with van der Waals surface area (Å²) in [6.07, 6.45) is 0.445. The lowest BCUT2D eigenvalue weighted by Gasteiger charge is -2.06. The Balaban J connectivity index is 1.83. The van der Waals surface area contributed by atoms with Gasteiger partial charge in [0.25, 0.3) is 6.01 Å². The van der Waals surface area contributed by atoms with Crippen LogP contribution in [0.25, 0.3) is 11.1 Å².